The molecule has 0 unspecified atom stereocenters. The first kappa shape index (κ1) is 17.1. The van der Waals surface area contributed by atoms with E-state index < -0.39 is 0 Å². The van der Waals surface area contributed by atoms with E-state index in [-0.39, 0.29) is 11.1 Å². The Bertz CT molecular complexity index is 825. The molecule has 0 atom stereocenters. The first-order valence-corrected chi connectivity index (χ1v) is 8.52. The minimum Gasteiger partial charge on any atom is -0.343 e. The molecule has 0 aliphatic carbocycles. The lowest BCUT2D eigenvalue weighted by Gasteiger charge is -2.16. The number of rotatable bonds is 5. The molecule has 0 spiro atoms. The van der Waals surface area contributed by atoms with Crippen LogP contribution in [0.15, 0.2) is 41.6 Å². The second kappa shape index (κ2) is 7.43. The van der Waals surface area contributed by atoms with Crippen LogP contribution in [0.4, 0.5) is 10.7 Å². The summed E-state index contributed by atoms with van der Waals surface area (Å²) < 4.78 is 0. The van der Waals surface area contributed by atoms with Crippen LogP contribution >= 0.6 is 11.8 Å². The van der Waals surface area contributed by atoms with Gasteiger partial charge in [0, 0.05) is 45.1 Å². The van der Waals surface area contributed by atoms with Crippen molar-refractivity contribution in [3.63, 3.8) is 0 Å². The molecule has 0 radical (unpaired) electrons. The van der Waals surface area contributed by atoms with Crippen LogP contribution in [0.3, 0.4) is 0 Å². The lowest BCUT2D eigenvalue weighted by atomic mass is 10.2. The number of hydrogen-bond acceptors (Lipinski definition) is 7. The molecule has 0 saturated carbocycles. The van der Waals surface area contributed by atoms with Crippen molar-refractivity contribution in [3.8, 4) is 0 Å². The largest absolute Gasteiger partial charge is 0.343 e. The Hall–Kier alpha value is -2.74. The number of likely N-dealkylation sites (N-methyl/N-ethyl adjacent to an activating group) is 2. The van der Waals surface area contributed by atoms with Crippen molar-refractivity contribution < 1.29 is 9.59 Å². The van der Waals surface area contributed by atoms with Crippen LogP contribution in [0.2, 0.25) is 0 Å². The third-order valence-corrected chi connectivity index (χ3v) is 4.66. The number of nitrogens with zero attached hydrogens (tertiary/aromatic N) is 5. The maximum atomic E-state index is 12.0. The van der Waals surface area contributed by atoms with Gasteiger partial charge >= 0.3 is 0 Å². The van der Waals surface area contributed by atoms with Gasteiger partial charge in [-0.1, -0.05) is 6.07 Å². The number of hydrogen-bond donors (Lipinski definition) is 0. The van der Waals surface area contributed by atoms with Crippen molar-refractivity contribution in [3.05, 3.63) is 53.0 Å². The summed E-state index contributed by atoms with van der Waals surface area (Å²) in [7, 11) is 3.37. The Morgan fingerprint density at radius 3 is 2.72 bits per heavy atom. The second-order valence-corrected chi connectivity index (χ2v) is 6.51. The van der Waals surface area contributed by atoms with Crippen molar-refractivity contribution in [2.75, 3.05) is 25.5 Å². The molecule has 0 N–H and O–H groups in total. The Labute approximate surface area is 149 Å². The number of anilines is 1. The normalized spacial score (nSPS) is 15.9. The van der Waals surface area contributed by atoms with Gasteiger partial charge in [-0.25, -0.2) is 9.97 Å². The van der Waals surface area contributed by atoms with E-state index in [1.807, 2.05) is 30.1 Å². The Balaban J connectivity index is 1.71. The van der Waals surface area contributed by atoms with Crippen LogP contribution in [0.5, 0.6) is 0 Å². The summed E-state index contributed by atoms with van der Waals surface area (Å²) in [6, 6.07) is 7.53. The van der Waals surface area contributed by atoms with Crippen LogP contribution in [0.25, 0.3) is 6.08 Å². The maximum Gasteiger partial charge on any atom is 0.293 e. The van der Waals surface area contributed by atoms with E-state index in [2.05, 4.69) is 15.0 Å². The van der Waals surface area contributed by atoms with Gasteiger partial charge in [-0.15, -0.1) is 0 Å². The molecule has 0 bridgehead atoms. The first-order chi connectivity index (χ1) is 12.0. The number of amides is 2. The lowest BCUT2D eigenvalue weighted by molar-refractivity contribution is -0.121. The Morgan fingerprint density at radius 2 is 2.04 bits per heavy atom. The van der Waals surface area contributed by atoms with Crippen LogP contribution in [-0.4, -0.2) is 51.6 Å². The van der Waals surface area contributed by atoms with Gasteiger partial charge in [0.15, 0.2) is 0 Å². The molecular weight excluding hydrogens is 338 g/mol. The fraction of sp³-hybridized carbons (Fsp3) is 0.235. The van der Waals surface area contributed by atoms with Crippen LogP contribution in [-0.2, 0) is 11.2 Å². The quantitative estimate of drug-likeness (QED) is 0.761. The SMILES string of the molecule is CN1C(=O)S/C(=C\c2ccnc(N(C)CCc3ccccn3)n2)C1=O. The zero-order valence-electron chi connectivity index (χ0n) is 13.9. The van der Waals surface area contributed by atoms with Crippen molar-refractivity contribution >= 4 is 34.9 Å². The molecule has 3 heterocycles. The second-order valence-electron chi connectivity index (χ2n) is 5.51. The van der Waals surface area contributed by atoms with E-state index in [9.17, 15) is 9.59 Å². The summed E-state index contributed by atoms with van der Waals surface area (Å²) in [5.41, 5.74) is 1.59. The van der Waals surface area contributed by atoms with E-state index in [4.69, 9.17) is 0 Å². The molecule has 8 heteroatoms. The number of aromatic nitrogens is 3. The van der Waals surface area contributed by atoms with Gasteiger partial charge in [-0.2, -0.15) is 0 Å². The van der Waals surface area contributed by atoms with Gasteiger partial charge in [-0.3, -0.25) is 19.5 Å². The number of carbonyl (C=O) groups is 2. The highest BCUT2D eigenvalue weighted by atomic mass is 32.2. The average Bonchev–Trinajstić information content (AvgIpc) is 2.87. The summed E-state index contributed by atoms with van der Waals surface area (Å²) in [5, 5.41) is -0.280. The van der Waals surface area contributed by atoms with Gasteiger partial charge in [0.05, 0.1) is 10.6 Å². The summed E-state index contributed by atoms with van der Waals surface area (Å²) >= 11 is 0.915. The summed E-state index contributed by atoms with van der Waals surface area (Å²) in [6.45, 7) is 0.714. The molecule has 128 valence electrons. The Kier molecular flexibility index (Phi) is 5.08. The summed E-state index contributed by atoms with van der Waals surface area (Å²) in [4.78, 5) is 39.9. The third kappa shape index (κ3) is 4.03. The fourth-order valence-electron chi connectivity index (χ4n) is 2.23. The van der Waals surface area contributed by atoms with Gasteiger partial charge < -0.3 is 4.90 Å². The van der Waals surface area contributed by atoms with Gasteiger partial charge in [-0.05, 0) is 36.0 Å². The number of pyridine rings is 1. The van der Waals surface area contributed by atoms with Crippen LogP contribution in [0.1, 0.15) is 11.4 Å². The lowest BCUT2D eigenvalue weighted by Crippen LogP contribution is -2.23. The number of thioether (sulfide) groups is 1. The molecule has 3 rings (SSSR count). The molecule has 2 aromatic heterocycles. The van der Waals surface area contributed by atoms with E-state index in [0.29, 0.717) is 23.1 Å². The molecule has 2 amide bonds. The monoisotopic (exact) mass is 355 g/mol. The van der Waals surface area contributed by atoms with E-state index in [0.717, 1.165) is 28.8 Å². The molecule has 0 aromatic carbocycles. The van der Waals surface area contributed by atoms with Crippen molar-refractivity contribution in [1.29, 1.82) is 0 Å². The fourth-order valence-corrected chi connectivity index (χ4v) is 3.05. The third-order valence-electron chi connectivity index (χ3n) is 3.70. The van der Waals surface area contributed by atoms with Crippen LogP contribution < -0.4 is 4.90 Å². The average molecular weight is 355 g/mol. The molecule has 1 fully saturated rings. The van der Waals surface area contributed by atoms with Gasteiger partial charge in [0.25, 0.3) is 11.1 Å². The zero-order valence-corrected chi connectivity index (χ0v) is 14.7. The molecule has 1 saturated heterocycles. The highest BCUT2D eigenvalue weighted by molar-refractivity contribution is 8.18. The molecular formula is C17H17N5O2S. The molecule has 7 nitrogen and oxygen atoms in total. The summed E-state index contributed by atoms with van der Waals surface area (Å²) in [5.74, 6) is 0.249. The van der Waals surface area contributed by atoms with E-state index in [1.165, 1.54) is 7.05 Å². The van der Waals surface area contributed by atoms with Crippen molar-refractivity contribution in [2.45, 2.75) is 6.42 Å². The van der Waals surface area contributed by atoms with E-state index >= 15 is 0 Å². The molecule has 25 heavy (non-hydrogen) atoms. The predicted molar refractivity (Wildman–Crippen MR) is 97.0 cm³/mol. The van der Waals surface area contributed by atoms with Gasteiger partial charge in [0.1, 0.15) is 0 Å². The van der Waals surface area contributed by atoms with Crippen molar-refractivity contribution in [1.82, 2.24) is 19.9 Å². The molecule has 1 aliphatic heterocycles. The minimum atomic E-state index is -0.307. The Morgan fingerprint density at radius 1 is 1.20 bits per heavy atom. The summed E-state index contributed by atoms with van der Waals surface area (Å²) in [6.07, 6.45) is 5.81. The van der Waals surface area contributed by atoms with Crippen molar-refractivity contribution in [2.24, 2.45) is 0 Å². The standard InChI is InChI=1S/C17H17N5O2S/c1-21(10-7-12-5-3-4-8-18-12)16-19-9-6-13(20-16)11-14-15(23)22(2)17(24)25-14/h3-6,8-9,11H,7,10H2,1-2H3/b14-11-. The highest BCUT2D eigenvalue weighted by Gasteiger charge is 2.31. The highest BCUT2D eigenvalue weighted by Crippen LogP contribution is 2.30. The number of carbonyl (C=O) groups excluding carboxylic acids is 2. The molecule has 1 aliphatic rings. The first-order valence-electron chi connectivity index (χ1n) is 7.70. The van der Waals surface area contributed by atoms with Gasteiger partial charge in [0.2, 0.25) is 5.95 Å². The topological polar surface area (TPSA) is 79.3 Å². The number of imide groups is 1. The van der Waals surface area contributed by atoms with E-state index in [1.54, 1.807) is 24.5 Å². The zero-order chi connectivity index (χ0) is 17.8. The van der Waals surface area contributed by atoms with Crippen LogP contribution in [0, 0.1) is 0 Å². The minimum absolute atomic E-state index is 0.280. The smallest absolute Gasteiger partial charge is 0.293 e. The predicted octanol–water partition coefficient (Wildman–Crippen LogP) is 2.22. The maximum absolute atomic E-state index is 12.0. The molecule has 2 aromatic rings.